The van der Waals surface area contributed by atoms with Gasteiger partial charge in [-0.1, -0.05) is 0 Å². The number of hydrogen-bond acceptors (Lipinski definition) is 2. The normalized spacial score (nSPS) is 10.3. The molecule has 2 aromatic rings. The monoisotopic (exact) mass is 322 g/mol. The molecular weight excluding hydrogens is 311 g/mol. The number of rotatable bonds is 2. The molecular formula is C14H12BrFN2O. The van der Waals surface area contributed by atoms with Crippen LogP contribution in [-0.2, 0) is 0 Å². The van der Waals surface area contributed by atoms with Crippen molar-refractivity contribution in [2.24, 2.45) is 0 Å². The zero-order chi connectivity index (χ0) is 14.0. The van der Waals surface area contributed by atoms with Crippen LogP contribution in [0.5, 0.6) is 0 Å². The second kappa shape index (κ2) is 5.48. The van der Waals surface area contributed by atoms with Crippen molar-refractivity contribution in [1.82, 2.24) is 4.98 Å². The van der Waals surface area contributed by atoms with E-state index < -0.39 is 5.82 Å². The fraction of sp³-hybridized carbons (Fsp3) is 0.143. The van der Waals surface area contributed by atoms with Crippen molar-refractivity contribution in [3.8, 4) is 0 Å². The van der Waals surface area contributed by atoms with E-state index in [9.17, 15) is 9.18 Å². The second-order valence-electron chi connectivity index (χ2n) is 4.29. The van der Waals surface area contributed by atoms with Gasteiger partial charge >= 0.3 is 0 Å². The number of benzene rings is 1. The number of halogens is 2. The van der Waals surface area contributed by atoms with Crippen LogP contribution in [0.2, 0.25) is 0 Å². The van der Waals surface area contributed by atoms with Crippen molar-refractivity contribution in [1.29, 1.82) is 0 Å². The highest BCUT2D eigenvalue weighted by molar-refractivity contribution is 9.10. The second-order valence-corrected chi connectivity index (χ2v) is 5.14. The Morgan fingerprint density at radius 2 is 2.00 bits per heavy atom. The fourth-order valence-corrected chi connectivity index (χ4v) is 2.11. The summed E-state index contributed by atoms with van der Waals surface area (Å²) in [6.45, 7) is 3.66. The van der Waals surface area contributed by atoms with Gasteiger partial charge in [-0.3, -0.25) is 9.78 Å². The molecule has 0 spiro atoms. The number of anilines is 1. The Balaban J connectivity index is 2.27. The number of nitrogens with zero attached hydrogens (tertiary/aromatic N) is 1. The average Bonchev–Trinajstić information content (AvgIpc) is 2.36. The Hall–Kier alpha value is -1.75. The number of hydrogen-bond donors (Lipinski definition) is 1. The van der Waals surface area contributed by atoms with Gasteiger partial charge in [0.2, 0.25) is 0 Å². The highest BCUT2D eigenvalue weighted by Gasteiger charge is 2.10. The van der Waals surface area contributed by atoms with Crippen LogP contribution < -0.4 is 5.32 Å². The van der Waals surface area contributed by atoms with Gasteiger partial charge in [-0.2, -0.15) is 0 Å². The highest BCUT2D eigenvalue weighted by atomic mass is 79.9. The van der Waals surface area contributed by atoms with Crippen molar-refractivity contribution < 1.29 is 9.18 Å². The predicted molar refractivity (Wildman–Crippen MR) is 75.8 cm³/mol. The molecule has 0 aliphatic carbocycles. The SMILES string of the molecule is Cc1cncc(C(=O)Nc2cc(F)c(Br)cc2C)c1. The van der Waals surface area contributed by atoms with E-state index in [2.05, 4.69) is 26.2 Å². The molecule has 0 radical (unpaired) electrons. The van der Waals surface area contributed by atoms with Gasteiger partial charge in [-0.15, -0.1) is 0 Å². The lowest BCUT2D eigenvalue weighted by Crippen LogP contribution is -2.13. The summed E-state index contributed by atoms with van der Waals surface area (Å²) in [4.78, 5) is 16.0. The maximum absolute atomic E-state index is 13.5. The fourth-order valence-electron chi connectivity index (χ4n) is 1.65. The molecule has 0 unspecified atom stereocenters. The van der Waals surface area contributed by atoms with E-state index in [1.807, 2.05) is 6.92 Å². The van der Waals surface area contributed by atoms with Gasteiger partial charge in [-0.25, -0.2) is 4.39 Å². The minimum absolute atomic E-state index is 0.305. The molecule has 5 heteroatoms. The van der Waals surface area contributed by atoms with Crippen LogP contribution in [0.3, 0.4) is 0 Å². The van der Waals surface area contributed by atoms with Gasteiger partial charge in [0.15, 0.2) is 0 Å². The maximum atomic E-state index is 13.5. The molecule has 0 aliphatic heterocycles. The zero-order valence-corrected chi connectivity index (χ0v) is 12.1. The van der Waals surface area contributed by atoms with Gasteiger partial charge in [0, 0.05) is 18.1 Å². The Morgan fingerprint density at radius 3 is 2.68 bits per heavy atom. The number of carbonyl (C=O) groups excluding carboxylic acids is 1. The quantitative estimate of drug-likeness (QED) is 0.912. The van der Waals surface area contributed by atoms with Crippen LogP contribution in [0.4, 0.5) is 10.1 Å². The molecule has 0 saturated heterocycles. The smallest absolute Gasteiger partial charge is 0.257 e. The summed E-state index contributed by atoms with van der Waals surface area (Å²) in [5.41, 5.74) is 2.57. The van der Waals surface area contributed by atoms with E-state index in [-0.39, 0.29) is 5.91 Å². The van der Waals surface area contributed by atoms with E-state index in [0.29, 0.717) is 15.7 Å². The molecule has 1 N–H and O–H groups in total. The van der Waals surface area contributed by atoms with Crippen LogP contribution in [0.15, 0.2) is 35.1 Å². The highest BCUT2D eigenvalue weighted by Crippen LogP contribution is 2.24. The van der Waals surface area contributed by atoms with Crippen molar-refractivity contribution in [2.75, 3.05) is 5.32 Å². The molecule has 1 aromatic carbocycles. The standard InChI is InChI=1S/C14H12BrFN2O/c1-8-3-10(7-17-6-8)14(19)18-13-5-12(16)11(15)4-9(13)2/h3-7H,1-2H3,(H,18,19). The molecule has 1 heterocycles. The van der Waals surface area contributed by atoms with Crippen LogP contribution >= 0.6 is 15.9 Å². The summed E-state index contributed by atoms with van der Waals surface area (Å²) in [7, 11) is 0. The first-order valence-electron chi connectivity index (χ1n) is 5.66. The first kappa shape index (κ1) is 13.7. The Morgan fingerprint density at radius 1 is 1.26 bits per heavy atom. The first-order valence-corrected chi connectivity index (χ1v) is 6.45. The van der Waals surface area contributed by atoms with E-state index in [1.165, 1.54) is 12.3 Å². The summed E-state index contributed by atoms with van der Waals surface area (Å²) in [5, 5.41) is 2.68. The van der Waals surface area contributed by atoms with E-state index in [1.54, 1.807) is 25.3 Å². The van der Waals surface area contributed by atoms with E-state index in [0.717, 1.165) is 11.1 Å². The Bertz CT molecular complexity index is 643. The number of pyridine rings is 1. The molecule has 0 aliphatic rings. The summed E-state index contributed by atoms with van der Waals surface area (Å²) < 4.78 is 13.8. The zero-order valence-electron chi connectivity index (χ0n) is 10.5. The first-order chi connectivity index (χ1) is 8.97. The van der Waals surface area contributed by atoms with E-state index >= 15 is 0 Å². The predicted octanol–water partition coefficient (Wildman–Crippen LogP) is 3.85. The number of aromatic nitrogens is 1. The summed E-state index contributed by atoms with van der Waals surface area (Å²) in [6.07, 6.45) is 3.15. The van der Waals surface area contributed by atoms with Crippen LogP contribution in [0, 0.1) is 19.7 Å². The molecule has 0 fully saturated rings. The number of aryl methyl sites for hydroxylation is 2. The lowest BCUT2D eigenvalue weighted by atomic mass is 10.1. The lowest BCUT2D eigenvalue weighted by Gasteiger charge is -2.09. The van der Waals surface area contributed by atoms with Crippen molar-refractivity contribution in [3.05, 3.63) is 57.6 Å². The van der Waals surface area contributed by atoms with Crippen LogP contribution in [0.1, 0.15) is 21.5 Å². The van der Waals surface area contributed by atoms with E-state index in [4.69, 9.17) is 0 Å². The average molecular weight is 323 g/mol. The molecule has 2 rings (SSSR count). The minimum Gasteiger partial charge on any atom is -0.322 e. The third kappa shape index (κ3) is 3.17. The van der Waals surface area contributed by atoms with Gasteiger partial charge < -0.3 is 5.32 Å². The Kier molecular flexibility index (Phi) is 3.95. The molecule has 1 aromatic heterocycles. The van der Waals surface area contributed by atoms with Crippen molar-refractivity contribution in [3.63, 3.8) is 0 Å². The van der Waals surface area contributed by atoms with Crippen LogP contribution in [0.25, 0.3) is 0 Å². The number of carbonyl (C=O) groups is 1. The summed E-state index contributed by atoms with van der Waals surface area (Å²) >= 11 is 3.10. The van der Waals surface area contributed by atoms with Gasteiger partial charge in [-0.05, 0) is 59.1 Å². The maximum Gasteiger partial charge on any atom is 0.257 e. The van der Waals surface area contributed by atoms with Crippen molar-refractivity contribution >= 4 is 27.5 Å². The molecule has 0 atom stereocenters. The molecule has 1 amide bonds. The third-order valence-corrected chi connectivity index (χ3v) is 3.26. The summed E-state index contributed by atoms with van der Waals surface area (Å²) in [5.74, 6) is -0.718. The largest absolute Gasteiger partial charge is 0.322 e. The van der Waals surface area contributed by atoms with Crippen molar-refractivity contribution in [2.45, 2.75) is 13.8 Å². The van der Waals surface area contributed by atoms with Gasteiger partial charge in [0.1, 0.15) is 5.82 Å². The third-order valence-electron chi connectivity index (χ3n) is 2.65. The van der Waals surface area contributed by atoms with Gasteiger partial charge in [0.05, 0.1) is 10.0 Å². The Labute approximate surface area is 119 Å². The molecule has 19 heavy (non-hydrogen) atoms. The summed E-state index contributed by atoms with van der Waals surface area (Å²) in [6, 6.07) is 4.65. The molecule has 0 saturated carbocycles. The molecule has 3 nitrogen and oxygen atoms in total. The molecule has 98 valence electrons. The number of nitrogens with one attached hydrogen (secondary N) is 1. The molecule has 0 bridgehead atoms. The lowest BCUT2D eigenvalue weighted by molar-refractivity contribution is 0.102. The number of amides is 1. The van der Waals surface area contributed by atoms with Gasteiger partial charge in [0.25, 0.3) is 5.91 Å². The minimum atomic E-state index is -0.414. The van der Waals surface area contributed by atoms with Crippen LogP contribution in [-0.4, -0.2) is 10.9 Å². The topological polar surface area (TPSA) is 42.0 Å².